The van der Waals surface area contributed by atoms with Gasteiger partial charge in [0.05, 0.1) is 6.10 Å². The summed E-state index contributed by atoms with van der Waals surface area (Å²) < 4.78 is 14.4. The zero-order valence-corrected chi connectivity index (χ0v) is 10.5. The molecule has 2 N–H and O–H groups in total. The molecule has 1 amide bonds. The molecule has 0 radical (unpaired) electrons. The predicted molar refractivity (Wildman–Crippen MR) is 69.1 cm³/mol. The van der Waals surface area contributed by atoms with Gasteiger partial charge < -0.3 is 15.0 Å². The quantitative estimate of drug-likeness (QED) is 0.880. The van der Waals surface area contributed by atoms with Gasteiger partial charge in [-0.05, 0) is 29.8 Å². The number of aliphatic hydroxyl groups excluding tert-OH is 1. The molecule has 0 aliphatic carbocycles. The fourth-order valence-corrected chi connectivity index (χ4v) is 1.78. The molecule has 1 heterocycles. The highest BCUT2D eigenvalue weighted by molar-refractivity contribution is 5.92. The highest BCUT2D eigenvalue weighted by atomic mass is 19.1. The van der Waals surface area contributed by atoms with Gasteiger partial charge in [-0.1, -0.05) is 12.1 Å². The Kier molecular flexibility index (Phi) is 3.97. The number of hydrogen-bond acceptors (Lipinski definition) is 2. The van der Waals surface area contributed by atoms with E-state index in [2.05, 4.69) is 5.32 Å². The summed E-state index contributed by atoms with van der Waals surface area (Å²) in [7, 11) is 1.77. The normalized spacial score (nSPS) is 12.2. The van der Waals surface area contributed by atoms with Crippen molar-refractivity contribution in [3.8, 4) is 0 Å². The van der Waals surface area contributed by atoms with Crippen LogP contribution in [0.3, 0.4) is 0 Å². The molecule has 0 aliphatic heterocycles. The van der Waals surface area contributed by atoms with E-state index >= 15 is 0 Å². The number of carbonyl (C=O) groups excluding carboxylic acids is 1. The van der Waals surface area contributed by atoms with E-state index in [1.54, 1.807) is 29.9 Å². The Balaban J connectivity index is 1.94. The number of rotatable bonds is 4. The second-order valence-corrected chi connectivity index (χ2v) is 4.28. The van der Waals surface area contributed by atoms with Gasteiger partial charge in [-0.25, -0.2) is 4.39 Å². The van der Waals surface area contributed by atoms with Crippen LogP contribution in [-0.4, -0.2) is 22.1 Å². The molecule has 2 aromatic rings. The van der Waals surface area contributed by atoms with Crippen molar-refractivity contribution in [3.05, 3.63) is 59.7 Å². The second-order valence-electron chi connectivity index (χ2n) is 4.28. The lowest BCUT2D eigenvalue weighted by Gasteiger charge is -2.12. The number of amides is 1. The van der Waals surface area contributed by atoms with E-state index < -0.39 is 6.10 Å². The van der Waals surface area contributed by atoms with Gasteiger partial charge in [0.25, 0.3) is 5.91 Å². The van der Waals surface area contributed by atoms with Crippen LogP contribution >= 0.6 is 0 Å². The Morgan fingerprint density at radius 1 is 1.37 bits per heavy atom. The standard InChI is InChI=1S/C14H15FN2O2/c1-17-8-2-3-12(17)14(19)16-9-13(18)10-4-6-11(15)7-5-10/h2-8,13,18H,9H2,1H3,(H,16,19). The van der Waals surface area contributed by atoms with Crippen LogP contribution in [0.1, 0.15) is 22.2 Å². The van der Waals surface area contributed by atoms with E-state index in [1.807, 2.05) is 0 Å². The van der Waals surface area contributed by atoms with E-state index in [1.165, 1.54) is 24.3 Å². The molecule has 100 valence electrons. The van der Waals surface area contributed by atoms with E-state index in [-0.39, 0.29) is 18.3 Å². The maximum atomic E-state index is 12.7. The van der Waals surface area contributed by atoms with Crippen LogP contribution in [0.15, 0.2) is 42.6 Å². The Morgan fingerprint density at radius 2 is 2.05 bits per heavy atom. The van der Waals surface area contributed by atoms with E-state index in [0.717, 1.165) is 0 Å². The van der Waals surface area contributed by atoms with Gasteiger partial charge in [-0.2, -0.15) is 0 Å². The number of halogens is 1. The minimum atomic E-state index is -0.857. The first-order chi connectivity index (χ1) is 9.08. The largest absolute Gasteiger partial charge is 0.387 e. The van der Waals surface area contributed by atoms with Gasteiger partial charge in [0.15, 0.2) is 0 Å². The molecule has 0 fully saturated rings. The smallest absolute Gasteiger partial charge is 0.267 e. The molecule has 1 atom stereocenters. The first kappa shape index (κ1) is 13.3. The third-order valence-corrected chi connectivity index (χ3v) is 2.89. The summed E-state index contributed by atoms with van der Waals surface area (Å²) in [5, 5.41) is 12.5. The van der Waals surface area contributed by atoms with Crippen molar-refractivity contribution in [2.75, 3.05) is 6.54 Å². The Morgan fingerprint density at radius 3 is 2.63 bits per heavy atom. The number of carbonyl (C=O) groups is 1. The van der Waals surface area contributed by atoms with E-state index in [0.29, 0.717) is 11.3 Å². The molecule has 0 bridgehead atoms. The number of aromatic nitrogens is 1. The second kappa shape index (κ2) is 5.67. The predicted octanol–water partition coefficient (Wildman–Crippen LogP) is 1.63. The molecule has 5 heteroatoms. The van der Waals surface area contributed by atoms with Gasteiger partial charge in [0.2, 0.25) is 0 Å². The Bertz CT molecular complexity index is 563. The van der Waals surface area contributed by atoms with Crippen LogP contribution < -0.4 is 5.32 Å². The minimum Gasteiger partial charge on any atom is -0.387 e. The number of aliphatic hydroxyl groups is 1. The summed E-state index contributed by atoms with van der Waals surface area (Å²) in [6, 6.07) is 9.00. The number of hydrogen-bond donors (Lipinski definition) is 2. The van der Waals surface area contributed by atoms with Crippen LogP contribution in [0, 0.1) is 5.82 Å². The van der Waals surface area contributed by atoms with Crippen molar-refractivity contribution in [2.45, 2.75) is 6.10 Å². The van der Waals surface area contributed by atoms with Crippen molar-refractivity contribution >= 4 is 5.91 Å². The maximum Gasteiger partial charge on any atom is 0.267 e. The molecule has 0 saturated carbocycles. The first-order valence-corrected chi connectivity index (χ1v) is 5.91. The highest BCUT2D eigenvalue weighted by Crippen LogP contribution is 2.12. The molecule has 2 rings (SSSR count). The number of nitrogens with zero attached hydrogens (tertiary/aromatic N) is 1. The van der Waals surface area contributed by atoms with Gasteiger partial charge in [0, 0.05) is 19.8 Å². The Labute approximate surface area is 110 Å². The van der Waals surface area contributed by atoms with Crippen LogP contribution in [0.4, 0.5) is 4.39 Å². The maximum absolute atomic E-state index is 12.7. The van der Waals surface area contributed by atoms with Crippen molar-refractivity contribution in [1.29, 1.82) is 0 Å². The molecule has 0 saturated heterocycles. The highest BCUT2D eigenvalue weighted by Gasteiger charge is 2.12. The molecule has 1 unspecified atom stereocenters. The van der Waals surface area contributed by atoms with Crippen LogP contribution in [-0.2, 0) is 7.05 Å². The monoisotopic (exact) mass is 262 g/mol. The summed E-state index contributed by atoms with van der Waals surface area (Å²) in [5.74, 6) is -0.613. The summed E-state index contributed by atoms with van der Waals surface area (Å²) in [6.45, 7) is 0.0790. The fourth-order valence-electron chi connectivity index (χ4n) is 1.78. The SMILES string of the molecule is Cn1cccc1C(=O)NCC(O)c1ccc(F)cc1. The van der Waals surface area contributed by atoms with Crippen molar-refractivity contribution in [2.24, 2.45) is 7.05 Å². The van der Waals surface area contributed by atoms with Crippen molar-refractivity contribution < 1.29 is 14.3 Å². The van der Waals surface area contributed by atoms with Gasteiger partial charge >= 0.3 is 0 Å². The zero-order valence-electron chi connectivity index (χ0n) is 10.5. The molecule has 1 aromatic heterocycles. The summed E-state index contributed by atoms with van der Waals surface area (Å²) >= 11 is 0. The third kappa shape index (κ3) is 3.20. The molecule has 0 spiro atoms. The molecular weight excluding hydrogens is 247 g/mol. The fraction of sp³-hybridized carbons (Fsp3) is 0.214. The van der Waals surface area contributed by atoms with Crippen LogP contribution in [0.25, 0.3) is 0 Å². The van der Waals surface area contributed by atoms with Crippen LogP contribution in [0.5, 0.6) is 0 Å². The topological polar surface area (TPSA) is 54.3 Å². The molecule has 19 heavy (non-hydrogen) atoms. The Hall–Kier alpha value is -2.14. The van der Waals surface area contributed by atoms with Crippen molar-refractivity contribution in [1.82, 2.24) is 9.88 Å². The minimum absolute atomic E-state index is 0.0790. The molecule has 1 aromatic carbocycles. The van der Waals surface area contributed by atoms with Crippen LogP contribution in [0.2, 0.25) is 0 Å². The lowest BCUT2D eigenvalue weighted by atomic mass is 10.1. The van der Waals surface area contributed by atoms with E-state index in [4.69, 9.17) is 0 Å². The number of aryl methyl sites for hydroxylation is 1. The number of benzene rings is 1. The molecule has 0 aliphatic rings. The van der Waals surface area contributed by atoms with E-state index in [9.17, 15) is 14.3 Å². The lowest BCUT2D eigenvalue weighted by molar-refractivity contribution is 0.0908. The molecule has 4 nitrogen and oxygen atoms in total. The lowest BCUT2D eigenvalue weighted by Crippen LogP contribution is -2.29. The first-order valence-electron chi connectivity index (χ1n) is 5.91. The average molecular weight is 262 g/mol. The average Bonchev–Trinajstić information content (AvgIpc) is 2.83. The van der Waals surface area contributed by atoms with Gasteiger partial charge in [0.1, 0.15) is 11.5 Å². The summed E-state index contributed by atoms with van der Waals surface area (Å²) in [4.78, 5) is 11.8. The summed E-state index contributed by atoms with van der Waals surface area (Å²) in [6.07, 6.45) is 0.913. The van der Waals surface area contributed by atoms with Crippen molar-refractivity contribution in [3.63, 3.8) is 0 Å². The van der Waals surface area contributed by atoms with Gasteiger partial charge in [-0.15, -0.1) is 0 Å². The van der Waals surface area contributed by atoms with Gasteiger partial charge in [-0.3, -0.25) is 4.79 Å². The number of nitrogens with one attached hydrogen (secondary N) is 1. The summed E-state index contributed by atoms with van der Waals surface area (Å²) in [5.41, 5.74) is 1.08. The molecular formula is C14H15FN2O2. The third-order valence-electron chi connectivity index (χ3n) is 2.89. The zero-order chi connectivity index (χ0) is 13.8.